The Hall–Kier alpha value is -0.940. The van der Waals surface area contributed by atoms with Crippen LogP contribution in [0, 0.1) is 5.92 Å². The topological polar surface area (TPSA) is 74.2 Å². The molecule has 1 saturated carbocycles. The molecule has 0 spiro atoms. The molecule has 0 amide bonds. The van der Waals surface area contributed by atoms with E-state index in [1.54, 1.807) is 7.11 Å². The second-order valence-electron chi connectivity index (χ2n) is 4.82. The zero-order valence-electron chi connectivity index (χ0n) is 10.6. The fourth-order valence-corrected chi connectivity index (χ4v) is 2.02. The van der Waals surface area contributed by atoms with Crippen LogP contribution < -0.4 is 5.73 Å². The van der Waals surface area contributed by atoms with Crippen LogP contribution in [0.15, 0.2) is 4.52 Å². The van der Waals surface area contributed by atoms with Crippen LogP contribution in [-0.4, -0.2) is 23.8 Å². The fourth-order valence-electron chi connectivity index (χ4n) is 2.02. The van der Waals surface area contributed by atoms with Gasteiger partial charge in [-0.1, -0.05) is 12.1 Å². The number of aromatic nitrogens is 2. The third-order valence-corrected chi connectivity index (χ3v) is 3.28. The summed E-state index contributed by atoms with van der Waals surface area (Å²) in [6.07, 6.45) is 4.37. The first-order valence-electron chi connectivity index (χ1n) is 6.32. The van der Waals surface area contributed by atoms with Crippen LogP contribution in [0.1, 0.15) is 56.3 Å². The van der Waals surface area contributed by atoms with Gasteiger partial charge in [-0.05, 0) is 38.1 Å². The first kappa shape index (κ1) is 12.5. The van der Waals surface area contributed by atoms with Crippen molar-refractivity contribution in [3.8, 4) is 0 Å². The molecule has 96 valence electrons. The summed E-state index contributed by atoms with van der Waals surface area (Å²) in [5.41, 5.74) is 5.49. The molecule has 0 bridgehead atoms. The summed E-state index contributed by atoms with van der Waals surface area (Å²) in [7, 11) is 1.71. The summed E-state index contributed by atoms with van der Waals surface area (Å²) in [6, 6.07) is 0. The van der Waals surface area contributed by atoms with E-state index in [0.717, 1.165) is 12.8 Å². The summed E-state index contributed by atoms with van der Waals surface area (Å²) in [5, 5.41) is 4.04. The number of rotatable bonds is 7. The molecule has 1 heterocycles. The van der Waals surface area contributed by atoms with Crippen LogP contribution >= 0.6 is 0 Å². The number of nitrogens with two attached hydrogens (primary N) is 1. The maximum atomic E-state index is 5.49. The van der Waals surface area contributed by atoms with Crippen molar-refractivity contribution in [2.45, 2.75) is 44.6 Å². The molecule has 2 atom stereocenters. The first-order valence-corrected chi connectivity index (χ1v) is 6.32. The molecule has 1 aromatic rings. The van der Waals surface area contributed by atoms with E-state index in [2.05, 4.69) is 17.1 Å². The minimum absolute atomic E-state index is 0.00853. The smallest absolute Gasteiger partial charge is 0.229 e. The minimum atomic E-state index is 0.00853. The molecule has 5 heteroatoms. The van der Waals surface area contributed by atoms with E-state index in [0.29, 0.717) is 24.2 Å². The quantitative estimate of drug-likeness (QED) is 0.787. The predicted octanol–water partition coefficient (Wildman–Crippen LogP) is 2.01. The van der Waals surface area contributed by atoms with Gasteiger partial charge in [-0.2, -0.15) is 4.98 Å². The maximum Gasteiger partial charge on any atom is 0.229 e. The van der Waals surface area contributed by atoms with Gasteiger partial charge in [0.1, 0.15) is 6.10 Å². The Morgan fingerprint density at radius 3 is 2.88 bits per heavy atom. The lowest BCUT2D eigenvalue weighted by atomic mass is 10.1. The second kappa shape index (κ2) is 5.60. The Labute approximate surface area is 102 Å². The number of methoxy groups -OCH3 is 1. The predicted molar refractivity (Wildman–Crippen MR) is 63.5 cm³/mol. The average Bonchev–Trinajstić information content (AvgIpc) is 3.04. The van der Waals surface area contributed by atoms with Crippen LogP contribution in [0.25, 0.3) is 0 Å². The summed E-state index contributed by atoms with van der Waals surface area (Å²) >= 11 is 0. The van der Waals surface area contributed by atoms with Crippen LogP contribution in [0.2, 0.25) is 0 Å². The molecule has 2 N–H and O–H groups in total. The molecule has 2 rings (SSSR count). The zero-order chi connectivity index (χ0) is 12.3. The molecule has 0 radical (unpaired) electrons. The Bertz CT molecular complexity index is 349. The molecule has 1 aliphatic rings. The van der Waals surface area contributed by atoms with E-state index < -0.39 is 0 Å². The van der Waals surface area contributed by atoms with Crippen molar-refractivity contribution >= 4 is 0 Å². The summed E-state index contributed by atoms with van der Waals surface area (Å²) < 4.78 is 10.7. The van der Waals surface area contributed by atoms with Crippen molar-refractivity contribution in [2.75, 3.05) is 13.7 Å². The standard InChI is InChI=1S/C12H21N3O2/c1-8(4-3-7-13)12-14-11(15-17-12)10(16-2)9-5-6-9/h8-10H,3-7,13H2,1-2H3. The molecule has 1 aromatic heterocycles. The van der Waals surface area contributed by atoms with E-state index >= 15 is 0 Å². The van der Waals surface area contributed by atoms with Crippen LogP contribution in [0.5, 0.6) is 0 Å². The third kappa shape index (κ3) is 3.04. The molecule has 17 heavy (non-hydrogen) atoms. The Balaban J connectivity index is 1.98. The van der Waals surface area contributed by atoms with Crippen molar-refractivity contribution in [3.05, 3.63) is 11.7 Å². The monoisotopic (exact) mass is 239 g/mol. The molecule has 2 unspecified atom stereocenters. The Morgan fingerprint density at radius 1 is 1.53 bits per heavy atom. The van der Waals surface area contributed by atoms with Gasteiger partial charge in [-0.15, -0.1) is 0 Å². The van der Waals surface area contributed by atoms with E-state index in [1.165, 1.54) is 12.8 Å². The molecule has 0 aliphatic heterocycles. The highest BCUT2D eigenvalue weighted by molar-refractivity contribution is 5.00. The zero-order valence-corrected chi connectivity index (χ0v) is 10.6. The van der Waals surface area contributed by atoms with Crippen LogP contribution in [0.4, 0.5) is 0 Å². The van der Waals surface area contributed by atoms with Gasteiger partial charge >= 0.3 is 0 Å². The van der Waals surface area contributed by atoms with Gasteiger partial charge in [-0.3, -0.25) is 0 Å². The molecule has 1 aliphatic carbocycles. The maximum absolute atomic E-state index is 5.49. The van der Waals surface area contributed by atoms with E-state index in [4.69, 9.17) is 15.0 Å². The van der Waals surface area contributed by atoms with Gasteiger partial charge in [-0.25, -0.2) is 0 Å². The highest BCUT2D eigenvalue weighted by Crippen LogP contribution is 2.42. The highest BCUT2D eigenvalue weighted by Gasteiger charge is 2.35. The average molecular weight is 239 g/mol. The SMILES string of the molecule is COC(c1noc(C(C)CCCN)n1)C1CC1. The fraction of sp³-hybridized carbons (Fsp3) is 0.833. The summed E-state index contributed by atoms with van der Waals surface area (Å²) in [6.45, 7) is 2.79. The van der Waals surface area contributed by atoms with Crippen molar-refractivity contribution in [1.29, 1.82) is 0 Å². The third-order valence-electron chi connectivity index (χ3n) is 3.28. The lowest BCUT2D eigenvalue weighted by Gasteiger charge is -2.08. The number of nitrogens with zero attached hydrogens (tertiary/aromatic N) is 2. The summed E-state index contributed by atoms with van der Waals surface area (Å²) in [5.74, 6) is 2.25. The minimum Gasteiger partial charge on any atom is -0.373 e. The Kier molecular flexibility index (Phi) is 4.12. The van der Waals surface area contributed by atoms with Crippen molar-refractivity contribution in [3.63, 3.8) is 0 Å². The number of hydrogen-bond acceptors (Lipinski definition) is 5. The van der Waals surface area contributed by atoms with Crippen molar-refractivity contribution in [2.24, 2.45) is 11.7 Å². The van der Waals surface area contributed by atoms with Gasteiger partial charge in [0.15, 0.2) is 0 Å². The van der Waals surface area contributed by atoms with E-state index in [9.17, 15) is 0 Å². The lowest BCUT2D eigenvalue weighted by molar-refractivity contribution is 0.0751. The molecule has 5 nitrogen and oxygen atoms in total. The second-order valence-corrected chi connectivity index (χ2v) is 4.82. The van der Waals surface area contributed by atoms with Crippen LogP contribution in [-0.2, 0) is 4.74 Å². The van der Waals surface area contributed by atoms with Crippen molar-refractivity contribution in [1.82, 2.24) is 10.1 Å². The van der Waals surface area contributed by atoms with Crippen molar-refractivity contribution < 1.29 is 9.26 Å². The Morgan fingerprint density at radius 2 is 2.29 bits per heavy atom. The highest BCUT2D eigenvalue weighted by atomic mass is 16.5. The van der Waals surface area contributed by atoms with Gasteiger partial charge in [0, 0.05) is 13.0 Å². The van der Waals surface area contributed by atoms with Gasteiger partial charge < -0.3 is 15.0 Å². The normalized spacial score (nSPS) is 19.2. The van der Waals surface area contributed by atoms with Gasteiger partial charge in [0.05, 0.1) is 0 Å². The van der Waals surface area contributed by atoms with Crippen LogP contribution in [0.3, 0.4) is 0 Å². The molecule has 0 saturated heterocycles. The largest absolute Gasteiger partial charge is 0.373 e. The molecule has 1 fully saturated rings. The van der Waals surface area contributed by atoms with E-state index in [1.807, 2.05) is 0 Å². The lowest BCUT2D eigenvalue weighted by Crippen LogP contribution is -2.06. The molecular formula is C12H21N3O2. The molecule has 0 aromatic carbocycles. The molecular weight excluding hydrogens is 218 g/mol. The van der Waals surface area contributed by atoms with Gasteiger partial charge in [0.2, 0.25) is 11.7 Å². The summed E-state index contributed by atoms with van der Waals surface area (Å²) in [4.78, 5) is 4.45. The number of ether oxygens (including phenoxy) is 1. The first-order chi connectivity index (χ1) is 8.26. The number of hydrogen-bond donors (Lipinski definition) is 1. The van der Waals surface area contributed by atoms with Gasteiger partial charge in [0.25, 0.3) is 0 Å². The van der Waals surface area contributed by atoms with E-state index in [-0.39, 0.29) is 12.0 Å².